The van der Waals surface area contributed by atoms with Gasteiger partial charge in [0, 0.05) is 5.69 Å². The summed E-state index contributed by atoms with van der Waals surface area (Å²) in [4.78, 5) is 11.9. The lowest BCUT2D eigenvalue weighted by Crippen LogP contribution is -2.49. The van der Waals surface area contributed by atoms with Crippen LogP contribution in [-0.4, -0.2) is 18.6 Å². The first kappa shape index (κ1) is 13.7. The first-order chi connectivity index (χ1) is 8.87. The van der Waals surface area contributed by atoms with Gasteiger partial charge in [0.1, 0.15) is 11.3 Å². The van der Waals surface area contributed by atoms with E-state index >= 15 is 0 Å². The normalized spacial score (nSPS) is 25.0. The van der Waals surface area contributed by atoms with Gasteiger partial charge in [-0.05, 0) is 48.9 Å². The van der Waals surface area contributed by atoms with Gasteiger partial charge in [-0.15, -0.1) is 0 Å². The van der Waals surface area contributed by atoms with E-state index in [4.69, 9.17) is 10.5 Å². The van der Waals surface area contributed by atoms with Gasteiger partial charge in [-0.25, -0.2) is 0 Å². The van der Waals surface area contributed by atoms with Crippen molar-refractivity contribution in [3.8, 4) is 5.75 Å². The van der Waals surface area contributed by atoms with Crippen LogP contribution in [-0.2, 0) is 4.79 Å². The molecule has 1 aromatic carbocycles. The van der Waals surface area contributed by atoms with E-state index < -0.39 is 5.54 Å². The number of anilines is 1. The van der Waals surface area contributed by atoms with Crippen molar-refractivity contribution in [1.82, 2.24) is 0 Å². The minimum absolute atomic E-state index is 0.147. The molecule has 0 saturated heterocycles. The molecular weight excluding hydrogens is 240 g/mol. The number of hydrogen-bond donors (Lipinski definition) is 2. The Labute approximate surface area is 114 Å². The fraction of sp³-hybridized carbons (Fsp3) is 0.533. The molecule has 1 unspecified atom stereocenters. The molecule has 2 rings (SSSR count). The summed E-state index contributed by atoms with van der Waals surface area (Å²) >= 11 is 0. The molecule has 104 valence electrons. The van der Waals surface area contributed by atoms with Crippen LogP contribution in [0.25, 0.3) is 0 Å². The molecule has 0 bridgehead atoms. The molecule has 1 aliphatic carbocycles. The fourth-order valence-corrected chi connectivity index (χ4v) is 2.87. The van der Waals surface area contributed by atoms with E-state index in [1.807, 2.05) is 24.3 Å². The highest BCUT2D eigenvalue weighted by atomic mass is 16.5. The number of amides is 1. The predicted octanol–water partition coefficient (Wildman–Crippen LogP) is 2.54. The van der Waals surface area contributed by atoms with Crippen LogP contribution in [0.2, 0.25) is 0 Å². The van der Waals surface area contributed by atoms with Crippen molar-refractivity contribution in [3.05, 3.63) is 24.3 Å². The van der Waals surface area contributed by atoms with E-state index in [9.17, 15) is 4.79 Å². The quantitative estimate of drug-likeness (QED) is 0.876. The van der Waals surface area contributed by atoms with E-state index in [0.29, 0.717) is 0 Å². The van der Waals surface area contributed by atoms with Gasteiger partial charge in [0.05, 0.1) is 7.11 Å². The minimum atomic E-state index is -0.627. The zero-order valence-electron chi connectivity index (χ0n) is 11.8. The summed E-state index contributed by atoms with van der Waals surface area (Å²) in [6.07, 6.45) is 2.54. The van der Waals surface area contributed by atoms with Crippen molar-refractivity contribution in [2.45, 2.75) is 38.6 Å². The van der Waals surface area contributed by atoms with E-state index in [1.165, 1.54) is 0 Å². The lowest BCUT2D eigenvalue weighted by Gasteiger charge is -2.30. The Morgan fingerprint density at radius 3 is 2.32 bits per heavy atom. The monoisotopic (exact) mass is 262 g/mol. The molecule has 4 nitrogen and oxygen atoms in total. The number of carbonyl (C=O) groups is 1. The standard InChI is InChI=1S/C15H22N2O2/c1-14(2)8-9-15(10-14,13(16)18)17-11-4-6-12(19-3)7-5-11/h4-7,17H,8-10H2,1-3H3,(H2,16,18). The Morgan fingerprint density at radius 2 is 1.89 bits per heavy atom. The van der Waals surface area contributed by atoms with Crippen molar-refractivity contribution < 1.29 is 9.53 Å². The summed E-state index contributed by atoms with van der Waals surface area (Å²) in [6.45, 7) is 4.35. The topological polar surface area (TPSA) is 64.3 Å². The van der Waals surface area contributed by atoms with Crippen molar-refractivity contribution in [3.63, 3.8) is 0 Å². The summed E-state index contributed by atoms with van der Waals surface area (Å²) < 4.78 is 5.13. The highest BCUT2D eigenvalue weighted by molar-refractivity contribution is 5.88. The van der Waals surface area contributed by atoms with Gasteiger partial charge < -0.3 is 15.8 Å². The Balaban J connectivity index is 2.20. The van der Waals surface area contributed by atoms with Crippen LogP contribution < -0.4 is 15.8 Å². The lowest BCUT2D eigenvalue weighted by molar-refractivity contribution is -0.122. The maximum atomic E-state index is 11.9. The van der Waals surface area contributed by atoms with E-state index in [2.05, 4.69) is 19.2 Å². The van der Waals surface area contributed by atoms with Gasteiger partial charge in [-0.3, -0.25) is 4.79 Å². The minimum Gasteiger partial charge on any atom is -0.497 e. The van der Waals surface area contributed by atoms with Crippen molar-refractivity contribution in [2.24, 2.45) is 11.1 Å². The summed E-state index contributed by atoms with van der Waals surface area (Å²) in [5, 5.41) is 3.33. The van der Waals surface area contributed by atoms with Crippen molar-refractivity contribution in [2.75, 3.05) is 12.4 Å². The zero-order chi connectivity index (χ0) is 14.1. The summed E-state index contributed by atoms with van der Waals surface area (Å²) in [7, 11) is 1.63. The smallest absolute Gasteiger partial charge is 0.243 e. The number of nitrogens with one attached hydrogen (secondary N) is 1. The number of methoxy groups -OCH3 is 1. The molecule has 1 fully saturated rings. The molecular formula is C15H22N2O2. The summed E-state index contributed by atoms with van der Waals surface area (Å²) in [5.74, 6) is 0.527. The number of nitrogens with two attached hydrogens (primary N) is 1. The fourth-order valence-electron chi connectivity index (χ4n) is 2.87. The third-order valence-electron chi connectivity index (χ3n) is 3.95. The summed E-state index contributed by atoms with van der Waals surface area (Å²) in [6, 6.07) is 7.57. The van der Waals surface area contributed by atoms with Crippen LogP contribution in [0.5, 0.6) is 5.75 Å². The summed E-state index contributed by atoms with van der Waals surface area (Å²) in [5.41, 5.74) is 6.05. The molecule has 0 spiro atoms. The van der Waals surface area contributed by atoms with E-state index in [0.717, 1.165) is 30.7 Å². The van der Waals surface area contributed by atoms with E-state index in [-0.39, 0.29) is 11.3 Å². The Hall–Kier alpha value is -1.71. The maximum absolute atomic E-state index is 11.9. The van der Waals surface area contributed by atoms with Crippen LogP contribution in [0.3, 0.4) is 0 Å². The molecule has 0 aromatic heterocycles. The van der Waals surface area contributed by atoms with Gasteiger partial charge in [-0.2, -0.15) is 0 Å². The predicted molar refractivity (Wildman–Crippen MR) is 76.2 cm³/mol. The zero-order valence-corrected chi connectivity index (χ0v) is 11.8. The first-order valence-corrected chi connectivity index (χ1v) is 6.59. The molecule has 0 radical (unpaired) electrons. The highest BCUT2D eigenvalue weighted by Crippen LogP contribution is 2.45. The Morgan fingerprint density at radius 1 is 1.26 bits per heavy atom. The first-order valence-electron chi connectivity index (χ1n) is 6.59. The third kappa shape index (κ3) is 2.83. The average Bonchev–Trinajstić information content (AvgIpc) is 2.67. The van der Waals surface area contributed by atoms with Crippen molar-refractivity contribution in [1.29, 1.82) is 0 Å². The molecule has 1 aromatic rings. The molecule has 0 aliphatic heterocycles. The van der Waals surface area contributed by atoms with Crippen LogP contribution in [0, 0.1) is 5.41 Å². The number of primary amides is 1. The van der Waals surface area contributed by atoms with Crippen molar-refractivity contribution >= 4 is 11.6 Å². The molecule has 1 saturated carbocycles. The Bertz CT molecular complexity index is 468. The van der Waals surface area contributed by atoms with Gasteiger partial charge in [0.25, 0.3) is 0 Å². The molecule has 1 amide bonds. The SMILES string of the molecule is COc1ccc(NC2(C(N)=O)CCC(C)(C)C2)cc1. The average molecular weight is 262 g/mol. The van der Waals surface area contributed by atoms with Gasteiger partial charge in [0.15, 0.2) is 0 Å². The van der Waals surface area contributed by atoms with Gasteiger partial charge in [-0.1, -0.05) is 13.8 Å². The van der Waals surface area contributed by atoms with E-state index in [1.54, 1.807) is 7.11 Å². The Kier molecular flexibility index (Phi) is 3.43. The number of ether oxygens (including phenoxy) is 1. The lowest BCUT2D eigenvalue weighted by atomic mass is 9.87. The van der Waals surface area contributed by atoms with Gasteiger partial charge in [0.2, 0.25) is 5.91 Å². The molecule has 0 heterocycles. The third-order valence-corrected chi connectivity index (χ3v) is 3.95. The van der Waals surface area contributed by atoms with Crippen LogP contribution in [0.1, 0.15) is 33.1 Å². The van der Waals surface area contributed by atoms with Crippen LogP contribution in [0.4, 0.5) is 5.69 Å². The second-order valence-corrected chi connectivity index (χ2v) is 6.14. The van der Waals surface area contributed by atoms with Gasteiger partial charge >= 0.3 is 0 Å². The number of benzene rings is 1. The molecule has 1 atom stereocenters. The second kappa shape index (κ2) is 4.76. The number of rotatable bonds is 4. The largest absolute Gasteiger partial charge is 0.497 e. The second-order valence-electron chi connectivity index (χ2n) is 6.14. The maximum Gasteiger partial charge on any atom is 0.243 e. The number of hydrogen-bond acceptors (Lipinski definition) is 3. The molecule has 19 heavy (non-hydrogen) atoms. The molecule has 1 aliphatic rings. The van der Waals surface area contributed by atoms with Crippen LogP contribution in [0.15, 0.2) is 24.3 Å². The molecule has 4 heteroatoms. The number of carbonyl (C=O) groups excluding carboxylic acids is 1. The van der Waals surface area contributed by atoms with Crippen LogP contribution >= 0.6 is 0 Å². The highest BCUT2D eigenvalue weighted by Gasteiger charge is 2.47. The molecule has 3 N–H and O–H groups in total.